The molecule has 100 valence electrons. The van der Waals surface area contributed by atoms with Crippen LogP contribution in [-0.4, -0.2) is 23.2 Å². The molecule has 1 aromatic heterocycles. The molecule has 18 heavy (non-hydrogen) atoms. The van der Waals surface area contributed by atoms with Gasteiger partial charge in [0.05, 0.1) is 7.11 Å². The first-order chi connectivity index (χ1) is 8.72. The van der Waals surface area contributed by atoms with Crippen LogP contribution in [0.5, 0.6) is 5.75 Å². The molecule has 0 aliphatic rings. The van der Waals surface area contributed by atoms with E-state index in [0.29, 0.717) is 5.75 Å². The second-order valence-corrected chi connectivity index (χ2v) is 2.92. The molecule has 2 N–H and O–H groups in total. The summed E-state index contributed by atoms with van der Waals surface area (Å²) in [5.41, 5.74) is 1.05. The highest BCUT2D eigenvalue weighted by Gasteiger charge is 2.12. The smallest absolute Gasteiger partial charge is 0.339 e. The van der Waals surface area contributed by atoms with Gasteiger partial charge in [-0.15, -0.1) is 0 Å². The van der Waals surface area contributed by atoms with E-state index < -0.39 is 5.97 Å². The normalized spacial score (nSPS) is 8.72. The Morgan fingerprint density at radius 1 is 1.22 bits per heavy atom. The third-order valence-corrected chi connectivity index (χ3v) is 2.10. The highest BCUT2D eigenvalue weighted by Crippen LogP contribution is 2.24. The Labute approximate surface area is 108 Å². The highest BCUT2D eigenvalue weighted by molar-refractivity contribution is 5.96. The van der Waals surface area contributed by atoms with E-state index in [4.69, 9.17) is 9.84 Å². The number of methoxy groups -OCH3 is 1. The van der Waals surface area contributed by atoms with Crippen molar-refractivity contribution in [3.8, 4) is 5.75 Å². The van der Waals surface area contributed by atoms with Crippen molar-refractivity contribution in [1.82, 2.24) is 4.98 Å². The summed E-state index contributed by atoms with van der Waals surface area (Å²) in [4.78, 5) is 13.8. The average Bonchev–Trinajstić information content (AvgIpc) is 2.88. The molecule has 2 aromatic rings. The summed E-state index contributed by atoms with van der Waals surface area (Å²) in [6.45, 7) is 8.00. The highest BCUT2D eigenvalue weighted by atomic mass is 16.5. The molecular weight excluding hydrogens is 230 g/mol. The minimum Gasteiger partial charge on any atom is -0.496 e. The fourth-order valence-corrected chi connectivity index (χ4v) is 1.42. The van der Waals surface area contributed by atoms with Gasteiger partial charge < -0.3 is 14.8 Å². The molecule has 2 rings (SSSR count). The summed E-state index contributed by atoms with van der Waals surface area (Å²) in [7, 11) is 1.45. The van der Waals surface area contributed by atoms with E-state index in [1.165, 1.54) is 7.11 Å². The lowest BCUT2D eigenvalue weighted by Gasteiger charge is -2.04. The predicted octanol–water partition coefficient (Wildman–Crippen LogP) is 3.93. The number of ether oxygens (including phenoxy) is 1. The van der Waals surface area contributed by atoms with E-state index in [2.05, 4.69) is 4.98 Å². The Balaban J connectivity index is 0.000000659. The van der Waals surface area contributed by atoms with Crippen LogP contribution in [0.3, 0.4) is 0 Å². The van der Waals surface area contributed by atoms with Crippen LogP contribution < -0.4 is 4.74 Å². The number of carboxylic acid groups (broad SMARTS) is 1. The van der Waals surface area contributed by atoms with Crippen molar-refractivity contribution < 1.29 is 14.6 Å². The van der Waals surface area contributed by atoms with Gasteiger partial charge in [0.15, 0.2) is 0 Å². The Bertz CT molecular complexity index is 489. The molecule has 0 bridgehead atoms. The zero-order valence-corrected chi connectivity index (χ0v) is 11.6. The molecule has 1 aromatic carbocycles. The van der Waals surface area contributed by atoms with E-state index in [9.17, 15) is 4.79 Å². The van der Waals surface area contributed by atoms with Gasteiger partial charge in [-0.05, 0) is 12.1 Å². The number of aromatic carboxylic acids is 1. The molecule has 0 saturated carbocycles. The van der Waals surface area contributed by atoms with Gasteiger partial charge in [-0.25, -0.2) is 4.79 Å². The maximum absolute atomic E-state index is 10.9. The lowest BCUT2D eigenvalue weighted by Crippen LogP contribution is -1.99. The van der Waals surface area contributed by atoms with Crippen molar-refractivity contribution in [2.45, 2.75) is 27.7 Å². The molecule has 0 saturated heterocycles. The number of aromatic nitrogens is 1. The number of nitrogens with one attached hydrogen (secondary N) is 1. The van der Waals surface area contributed by atoms with Gasteiger partial charge in [0, 0.05) is 23.2 Å². The van der Waals surface area contributed by atoms with Gasteiger partial charge in [0.25, 0.3) is 0 Å². The maximum Gasteiger partial charge on any atom is 0.339 e. The van der Waals surface area contributed by atoms with Crippen LogP contribution in [0.25, 0.3) is 10.9 Å². The lowest BCUT2D eigenvalue weighted by molar-refractivity contribution is 0.0693. The molecule has 0 aliphatic heterocycles. The summed E-state index contributed by atoms with van der Waals surface area (Å²) >= 11 is 0. The number of carbonyl (C=O) groups is 1. The van der Waals surface area contributed by atoms with Crippen LogP contribution in [0.2, 0.25) is 0 Å². The van der Waals surface area contributed by atoms with Crippen LogP contribution in [0, 0.1) is 0 Å². The number of carboxylic acids is 1. The van der Waals surface area contributed by atoms with Gasteiger partial charge in [0.1, 0.15) is 11.3 Å². The molecule has 1 heterocycles. The topological polar surface area (TPSA) is 62.3 Å². The Hall–Kier alpha value is -1.97. The number of aromatic amines is 1. The molecule has 0 amide bonds. The van der Waals surface area contributed by atoms with E-state index in [1.807, 2.05) is 33.8 Å². The molecule has 0 atom stereocenters. The van der Waals surface area contributed by atoms with Crippen molar-refractivity contribution in [3.63, 3.8) is 0 Å². The van der Waals surface area contributed by atoms with E-state index >= 15 is 0 Å². The molecule has 0 unspecified atom stereocenters. The Morgan fingerprint density at radius 2 is 1.83 bits per heavy atom. The SMILES string of the molecule is CC.CC.COc1cc2[nH]ccc2cc1C(=O)O. The first-order valence-electron chi connectivity index (χ1n) is 6.11. The van der Waals surface area contributed by atoms with Crippen LogP contribution in [0.1, 0.15) is 38.1 Å². The van der Waals surface area contributed by atoms with Crippen molar-refractivity contribution >= 4 is 16.9 Å². The van der Waals surface area contributed by atoms with Gasteiger partial charge in [-0.2, -0.15) is 0 Å². The number of hydrogen-bond donors (Lipinski definition) is 2. The summed E-state index contributed by atoms with van der Waals surface area (Å²) in [6.07, 6.45) is 1.76. The quantitative estimate of drug-likeness (QED) is 0.850. The summed E-state index contributed by atoms with van der Waals surface area (Å²) < 4.78 is 4.98. The summed E-state index contributed by atoms with van der Waals surface area (Å²) in [5, 5.41) is 9.77. The van der Waals surface area contributed by atoms with Crippen LogP contribution in [-0.2, 0) is 0 Å². The zero-order chi connectivity index (χ0) is 14.1. The van der Waals surface area contributed by atoms with Crippen molar-refractivity contribution in [2.24, 2.45) is 0 Å². The molecule has 0 spiro atoms. The molecule has 0 radical (unpaired) electrons. The number of fused-ring (bicyclic) bond motifs is 1. The van der Waals surface area contributed by atoms with Gasteiger partial charge in [-0.1, -0.05) is 27.7 Å². The van der Waals surface area contributed by atoms with Gasteiger partial charge in [-0.3, -0.25) is 0 Å². The molecule has 0 aliphatic carbocycles. The van der Waals surface area contributed by atoms with Crippen molar-refractivity contribution in [2.75, 3.05) is 7.11 Å². The first-order valence-corrected chi connectivity index (χ1v) is 6.11. The Morgan fingerprint density at radius 3 is 2.33 bits per heavy atom. The number of rotatable bonds is 2. The molecule has 4 nitrogen and oxygen atoms in total. The molecule has 0 fully saturated rings. The zero-order valence-electron chi connectivity index (χ0n) is 11.6. The maximum atomic E-state index is 10.9. The second-order valence-electron chi connectivity index (χ2n) is 2.92. The van der Waals surface area contributed by atoms with Crippen LogP contribution >= 0.6 is 0 Å². The van der Waals surface area contributed by atoms with Gasteiger partial charge >= 0.3 is 5.97 Å². The lowest BCUT2D eigenvalue weighted by atomic mass is 10.1. The van der Waals surface area contributed by atoms with Crippen LogP contribution in [0.4, 0.5) is 0 Å². The third-order valence-electron chi connectivity index (χ3n) is 2.10. The monoisotopic (exact) mass is 251 g/mol. The first kappa shape index (κ1) is 16.0. The summed E-state index contributed by atoms with van der Waals surface area (Å²) in [5.74, 6) is -0.614. The van der Waals surface area contributed by atoms with Crippen LogP contribution in [0.15, 0.2) is 24.4 Å². The van der Waals surface area contributed by atoms with Crippen molar-refractivity contribution in [1.29, 1.82) is 0 Å². The van der Waals surface area contributed by atoms with E-state index in [0.717, 1.165) is 10.9 Å². The molecule has 4 heteroatoms. The van der Waals surface area contributed by atoms with E-state index in [-0.39, 0.29) is 5.56 Å². The fourth-order valence-electron chi connectivity index (χ4n) is 1.42. The number of hydrogen-bond acceptors (Lipinski definition) is 2. The largest absolute Gasteiger partial charge is 0.496 e. The second kappa shape index (κ2) is 8.17. The number of benzene rings is 1. The molecular formula is C14H21NO3. The summed E-state index contributed by atoms with van der Waals surface area (Å²) in [6, 6.07) is 5.09. The fraction of sp³-hybridized carbons (Fsp3) is 0.357. The standard InChI is InChI=1S/C10H9NO3.2C2H6/c1-14-9-5-8-6(2-3-11-8)4-7(9)10(12)13;2*1-2/h2-5,11H,1H3,(H,12,13);2*1-2H3. The number of H-pyrrole nitrogens is 1. The Kier molecular flexibility index (Phi) is 7.28. The van der Waals surface area contributed by atoms with Crippen molar-refractivity contribution in [3.05, 3.63) is 30.0 Å². The van der Waals surface area contributed by atoms with E-state index in [1.54, 1.807) is 18.3 Å². The van der Waals surface area contributed by atoms with Gasteiger partial charge in [0.2, 0.25) is 0 Å². The average molecular weight is 251 g/mol. The minimum atomic E-state index is -0.982. The minimum absolute atomic E-state index is 0.180. The third kappa shape index (κ3) is 3.52. The predicted molar refractivity (Wildman–Crippen MR) is 74.5 cm³/mol.